The van der Waals surface area contributed by atoms with Crippen LogP contribution in [0.25, 0.3) is 0 Å². The molecule has 5 nitrogen and oxygen atoms in total. The number of rotatable bonds is 6. The molecule has 1 atom stereocenters. The first-order chi connectivity index (χ1) is 9.04. The number of carbonyl (C=O) groups is 1. The van der Waals surface area contributed by atoms with Gasteiger partial charge in [-0.3, -0.25) is 4.79 Å². The van der Waals surface area contributed by atoms with Crippen LogP contribution in [0.5, 0.6) is 0 Å². The number of hydrogen-bond donors (Lipinski definition) is 3. The van der Waals surface area contributed by atoms with E-state index < -0.39 is 6.04 Å². The summed E-state index contributed by atoms with van der Waals surface area (Å²) in [5.41, 5.74) is 6.43. The van der Waals surface area contributed by atoms with Crippen LogP contribution in [-0.4, -0.2) is 17.0 Å². The van der Waals surface area contributed by atoms with Gasteiger partial charge in [0.05, 0.1) is 0 Å². The zero-order chi connectivity index (χ0) is 14.3. The van der Waals surface area contributed by atoms with E-state index in [-0.39, 0.29) is 11.7 Å². The maximum absolute atomic E-state index is 11.8. The first kappa shape index (κ1) is 15.0. The summed E-state index contributed by atoms with van der Waals surface area (Å²) in [5.74, 6) is 0.336. The molecule has 0 radical (unpaired) electrons. The fourth-order valence-corrected chi connectivity index (χ4v) is 1.68. The number of amides is 1. The summed E-state index contributed by atoms with van der Waals surface area (Å²) in [6, 6.07) is 8.61. The molecular formula is C14H21N3O2. The molecule has 0 spiro atoms. The molecule has 19 heavy (non-hydrogen) atoms. The Morgan fingerprint density at radius 3 is 2.53 bits per heavy atom. The Labute approximate surface area is 113 Å². The van der Waals surface area contributed by atoms with E-state index in [9.17, 15) is 4.79 Å². The molecule has 1 aromatic rings. The Morgan fingerprint density at radius 2 is 2.00 bits per heavy atom. The van der Waals surface area contributed by atoms with E-state index in [0.717, 1.165) is 12.0 Å². The van der Waals surface area contributed by atoms with Gasteiger partial charge in [0.25, 0.3) is 0 Å². The molecule has 0 saturated heterocycles. The van der Waals surface area contributed by atoms with Crippen molar-refractivity contribution in [2.75, 3.05) is 0 Å². The van der Waals surface area contributed by atoms with Gasteiger partial charge in [0.1, 0.15) is 6.04 Å². The van der Waals surface area contributed by atoms with E-state index in [1.165, 1.54) is 0 Å². The smallest absolute Gasteiger partial charge is 0.220 e. The van der Waals surface area contributed by atoms with Crippen LogP contribution in [0.2, 0.25) is 0 Å². The highest BCUT2D eigenvalue weighted by Crippen LogP contribution is 2.13. The first-order valence-corrected chi connectivity index (χ1v) is 6.36. The molecule has 0 aliphatic carbocycles. The molecule has 0 aromatic heterocycles. The van der Waals surface area contributed by atoms with E-state index in [1.807, 2.05) is 30.3 Å². The van der Waals surface area contributed by atoms with Gasteiger partial charge >= 0.3 is 0 Å². The van der Waals surface area contributed by atoms with Crippen molar-refractivity contribution in [2.24, 2.45) is 16.8 Å². The van der Waals surface area contributed by atoms with Gasteiger partial charge in [-0.15, -0.1) is 0 Å². The monoisotopic (exact) mass is 263 g/mol. The maximum atomic E-state index is 11.8. The molecule has 4 N–H and O–H groups in total. The second-order valence-corrected chi connectivity index (χ2v) is 4.87. The maximum Gasteiger partial charge on any atom is 0.220 e. The number of carbonyl (C=O) groups excluding carboxylic acids is 1. The van der Waals surface area contributed by atoms with Crippen LogP contribution in [-0.2, 0) is 4.79 Å². The summed E-state index contributed by atoms with van der Waals surface area (Å²) < 4.78 is 0. The van der Waals surface area contributed by atoms with E-state index in [0.29, 0.717) is 12.3 Å². The normalized spacial score (nSPS) is 13.3. The third-order valence-corrected chi connectivity index (χ3v) is 2.80. The summed E-state index contributed by atoms with van der Waals surface area (Å²) in [7, 11) is 0. The number of amidine groups is 1. The summed E-state index contributed by atoms with van der Waals surface area (Å²) in [4.78, 5) is 11.8. The van der Waals surface area contributed by atoms with Crippen molar-refractivity contribution in [1.82, 2.24) is 5.32 Å². The molecular weight excluding hydrogens is 242 g/mol. The highest BCUT2D eigenvalue weighted by molar-refractivity contribution is 5.90. The van der Waals surface area contributed by atoms with E-state index in [4.69, 9.17) is 10.9 Å². The van der Waals surface area contributed by atoms with Gasteiger partial charge in [-0.2, -0.15) is 0 Å². The standard InChI is InChI=1S/C14H21N3O2/c1-10(2)8-9-12(18)16-13(14(15)17-19)11-6-4-3-5-7-11/h3-7,10,13,19H,8-9H2,1-2H3,(H2,15,17)(H,16,18). The second-order valence-electron chi connectivity index (χ2n) is 4.87. The minimum absolute atomic E-state index is 0.0240. The third kappa shape index (κ3) is 4.99. The average Bonchev–Trinajstić information content (AvgIpc) is 2.42. The van der Waals surface area contributed by atoms with Crippen molar-refractivity contribution in [3.63, 3.8) is 0 Å². The van der Waals surface area contributed by atoms with Crippen molar-refractivity contribution < 1.29 is 10.0 Å². The molecule has 0 heterocycles. The zero-order valence-electron chi connectivity index (χ0n) is 11.3. The van der Waals surface area contributed by atoms with Gasteiger partial charge in [0.2, 0.25) is 5.91 Å². The van der Waals surface area contributed by atoms with Crippen LogP contribution >= 0.6 is 0 Å². The SMILES string of the molecule is CC(C)CCC(=O)NC(/C(N)=N/O)c1ccccc1. The van der Waals surface area contributed by atoms with E-state index in [1.54, 1.807) is 0 Å². The van der Waals surface area contributed by atoms with Gasteiger partial charge in [-0.25, -0.2) is 0 Å². The van der Waals surface area contributed by atoms with Crippen molar-refractivity contribution in [1.29, 1.82) is 0 Å². The Kier molecular flexibility index (Phi) is 5.85. The number of nitrogens with one attached hydrogen (secondary N) is 1. The van der Waals surface area contributed by atoms with Crippen molar-refractivity contribution in [3.8, 4) is 0 Å². The largest absolute Gasteiger partial charge is 0.409 e. The second kappa shape index (κ2) is 7.41. The van der Waals surface area contributed by atoms with Crippen LogP contribution < -0.4 is 11.1 Å². The van der Waals surface area contributed by atoms with E-state index >= 15 is 0 Å². The summed E-state index contributed by atoms with van der Waals surface area (Å²) in [6.07, 6.45) is 1.24. The lowest BCUT2D eigenvalue weighted by atomic mass is 10.0. The fourth-order valence-electron chi connectivity index (χ4n) is 1.68. The Balaban J connectivity index is 2.74. The highest BCUT2D eigenvalue weighted by atomic mass is 16.4. The average molecular weight is 263 g/mol. The van der Waals surface area contributed by atoms with E-state index in [2.05, 4.69) is 24.3 Å². The Bertz CT molecular complexity index is 430. The minimum atomic E-state index is -0.592. The molecule has 0 fully saturated rings. The fraction of sp³-hybridized carbons (Fsp3) is 0.429. The third-order valence-electron chi connectivity index (χ3n) is 2.80. The van der Waals surface area contributed by atoms with Crippen molar-refractivity contribution >= 4 is 11.7 Å². The molecule has 0 bridgehead atoms. The molecule has 1 unspecified atom stereocenters. The lowest BCUT2D eigenvalue weighted by molar-refractivity contribution is -0.121. The van der Waals surface area contributed by atoms with Crippen LogP contribution in [0.4, 0.5) is 0 Å². The number of benzene rings is 1. The summed E-state index contributed by atoms with van der Waals surface area (Å²) in [6.45, 7) is 4.12. The predicted molar refractivity (Wildman–Crippen MR) is 74.8 cm³/mol. The minimum Gasteiger partial charge on any atom is -0.409 e. The topological polar surface area (TPSA) is 87.7 Å². The number of hydrogen-bond acceptors (Lipinski definition) is 3. The Morgan fingerprint density at radius 1 is 1.37 bits per heavy atom. The summed E-state index contributed by atoms with van der Waals surface area (Å²) >= 11 is 0. The van der Waals surface area contributed by atoms with Gasteiger partial charge in [0.15, 0.2) is 5.84 Å². The molecule has 0 saturated carbocycles. The quantitative estimate of drug-likeness (QED) is 0.317. The van der Waals surface area contributed by atoms with Crippen LogP contribution in [0.15, 0.2) is 35.5 Å². The van der Waals surface area contributed by atoms with Crippen molar-refractivity contribution in [2.45, 2.75) is 32.7 Å². The lowest BCUT2D eigenvalue weighted by Gasteiger charge is -2.18. The number of nitrogens with two attached hydrogens (primary N) is 1. The van der Waals surface area contributed by atoms with Gasteiger partial charge in [-0.05, 0) is 17.9 Å². The van der Waals surface area contributed by atoms with Gasteiger partial charge < -0.3 is 16.3 Å². The molecule has 5 heteroatoms. The zero-order valence-corrected chi connectivity index (χ0v) is 11.3. The van der Waals surface area contributed by atoms with Gasteiger partial charge in [0, 0.05) is 6.42 Å². The summed E-state index contributed by atoms with van der Waals surface area (Å²) in [5, 5.41) is 14.6. The van der Waals surface area contributed by atoms with Gasteiger partial charge in [-0.1, -0.05) is 49.3 Å². The molecule has 1 aromatic carbocycles. The number of nitrogens with zero attached hydrogens (tertiary/aromatic N) is 1. The Hall–Kier alpha value is -2.04. The molecule has 1 rings (SSSR count). The molecule has 0 aliphatic heterocycles. The molecule has 0 aliphatic rings. The van der Waals surface area contributed by atoms with Crippen LogP contribution in [0.3, 0.4) is 0 Å². The van der Waals surface area contributed by atoms with Crippen LogP contribution in [0, 0.1) is 5.92 Å². The first-order valence-electron chi connectivity index (χ1n) is 6.36. The predicted octanol–water partition coefficient (Wildman–Crippen LogP) is 2.03. The number of oxime groups is 1. The highest BCUT2D eigenvalue weighted by Gasteiger charge is 2.18. The van der Waals surface area contributed by atoms with Crippen LogP contribution in [0.1, 0.15) is 38.3 Å². The molecule has 104 valence electrons. The molecule has 1 amide bonds. The lowest BCUT2D eigenvalue weighted by Crippen LogP contribution is -2.37. The van der Waals surface area contributed by atoms with Crippen molar-refractivity contribution in [3.05, 3.63) is 35.9 Å².